The maximum Gasteiger partial charge on any atom is 0.275 e. The Morgan fingerprint density at radius 3 is 2.61 bits per heavy atom. The zero-order chi connectivity index (χ0) is 21.8. The Balaban J connectivity index is 1.66. The molecule has 0 aliphatic carbocycles. The molecule has 0 unspecified atom stereocenters. The van der Waals surface area contributed by atoms with E-state index in [0.29, 0.717) is 49.3 Å². The van der Waals surface area contributed by atoms with E-state index in [-0.39, 0.29) is 5.91 Å². The molecule has 8 heteroatoms. The fourth-order valence-electron chi connectivity index (χ4n) is 3.62. The first kappa shape index (κ1) is 21.0. The highest BCUT2D eigenvalue weighted by atomic mass is 16.5. The zero-order valence-corrected chi connectivity index (χ0v) is 18.2. The van der Waals surface area contributed by atoms with Crippen molar-refractivity contribution in [2.45, 2.75) is 20.8 Å². The van der Waals surface area contributed by atoms with Gasteiger partial charge < -0.3 is 28.8 Å². The van der Waals surface area contributed by atoms with Crippen molar-refractivity contribution >= 4 is 22.9 Å². The minimum atomic E-state index is -0.302. The van der Waals surface area contributed by atoms with Gasteiger partial charge in [-0.3, -0.25) is 4.79 Å². The number of imidazole rings is 1. The summed E-state index contributed by atoms with van der Waals surface area (Å²) >= 11 is 0. The molecule has 1 aliphatic rings. The third-order valence-corrected chi connectivity index (χ3v) is 5.11. The van der Waals surface area contributed by atoms with Crippen molar-refractivity contribution in [3.63, 3.8) is 0 Å². The number of rotatable bonds is 7. The molecule has 0 atom stereocenters. The van der Waals surface area contributed by atoms with Gasteiger partial charge in [-0.15, -0.1) is 0 Å². The van der Waals surface area contributed by atoms with Gasteiger partial charge in [0.2, 0.25) is 0 Å². The lowest BCUT2D eigenvalue weighted by molar-refractivity contribution is 0.102. The summed E-state index contributed by atoms with van der Waals surface area (Å²) in [6.07, 6.45) is 3.61. The number of pyridine rings is 1. The van der Waals surface area contributed by atoms with Crippen LogP contribution in [0.1, 0.15) is 29.9 Å². The van der Waals surface area contributed by atoms with Crippen LogP contribution in [0.15, 0.2) is 36.7 Å². The summed E-state index contributed by atoms with van der Waals surface area (Å²) in [4.78, 5) is 19.6. The standard InChI is InChI=1S/C23H28N4O4/c1-4-30-20-14-19(26-8-10-29-11-9-26)21(31-5-2)13-17(20)25-23(28)18-15-27-7-6-16(3)12-22(27)24-18/h6-7,12-15H,4-5,8-11H2,1-3H3,(H,25,28). The van der Waals surface area contributed by atoms with E-state index in [4.69, 9.17) is 14.2 Å². The Labute approximate surface area is 181 Å². The van der Waals surface area contributed by atoms with Crippen molar-refractivity contribution < 1.29 is 19.0 Å². The van der Waals surface area contributed by atoms with Gasteiger partial charge in [0.05, 0.1) is 37.8 Å². The van der Waals surface area contributed by atoms with Crippen molar-refractivity contribution in [1.29, 1.82) is 0 Å². The highest BCUT2D eigenvalue weighted by Crippen LogP contribution is 2.39. The molecule has 0 spiro atoms. The van der Waals surface area contributed by atoms with E-state index < -0.39 is 0 Å². The van der Waals surface area contributed by atoms with E-state index in [1.165, 1.54) is 0 Å². The third kappa shape index (κ3) is 4.59. The maximum atomic E-state index is 13.0. The van der Waals surface area contributed by atoms with Gasteiger partial charge in [0.1, 0.15) is 22.8 Å². The summed E-state index contributed by atoms with van der Waals surface area (Å²) in [7, 11) is 0. The molecule has 2 aromatic heterocycles. The Bertz CT molecular complexity index is 1070. The number of morpholine rings is 1. The Morgan fingerprint density at radius 2 is 1.87 bits per heavy atom. The molecule has 164 valence electrons. The number of carbonyl (C=O) groups is 1. The summed E-state index contributed by atoms with van der Waals surface area (Å²) in [6, 6.07) is 7.68. The van der Waals surface area contributed by atoms with Crippen LogP contribution in [0.5, 0.6) is 11.5 Å². The van der Waals surface area contributed by atoms with Crippen molar-refractivity contribution in [3.8, 4) is 11.5 Å². The SMILES string of the molecule is CCOc1cc(N2CCOCC2)c(OCC)cc1NC(=O)c1cn2ccc(C)cc2n1. The summed E-state index contributed by atoms with van der Waals surface area (Å²) < 4.78 is 19.1. The van der Waals surface area contributed by atoms with E-state index in [1.54, 1.807) is 6.20 Å². The summed E-state index contributed by atoms with van der Waals surface area (Å²) in [6.45, 7) is 9.74. The summed E-state index contributed by atoms with van der Waals surface area (Å²) in [5, 5.41) is 2.95. The van der Waals surface area contributed by atoms with Crippen LogP contribution in [0.4, 0.5) is 11.4 Å². The minimum Gasteiger partial charge on any atom is -0.492 e. The molecule has 1 fully saturated rings. The quantitative estimate of drug-likeness (QED) is 0.625. The molecule has 1 amide bonds. The lowest BCUT2D eigenvalue weighted by Gasteiger charge is -2.31. The van der Waals surface area contributed by atoms with Gasteiger partial charge in [-0.2, -0.15) is 0 Å². The number of nitrogens with zero attached hydrogens (tertiary/aromatic N) is 3. The van der Waals surface area contributed by atoms with E-state index in [2.05, 4.69) is 15.2 Å². The van der Waals surface area contributed by atoms with E-state index in [0.717, 1.165) is 30.0 Å². The number of amides is 1. The summed E-state index contributed by atoms with van der Waals surface area (Å²) in [5.74, 6) is 0.998. The molecule has 8 nitrogen and oxygen atoms in total. The molecule has 1 aromatic carbocycles. The number of benzene rings is 1. The van der Waals surface area contributed by atoms with Crippen LogP contribution in [0, 0.1) is 6.92 Å². The molecule has 4 rings (SSSR count). The molecular formula is C23H28N4O4. The van der Waals surface area contributed by atoms with Crippen molar-refractivity contribution in [3.05, 3.63) is 47.9 Å². The lowest BCUT2D eigenvalue weighted by Crippen LogP contribution is -2.36. The average Bonchev–Trinajstić information content (AvgIpc) is 3.19. The molecule has 3 heterocycles. The number of hydrogen-bond acceptors (Lipinski definition) is 6. The Morgan fingerprint density at radius 1 is 1.13 bits per heavy atom. The van der Waals surface area contributed by atoms with Crippen LogP contribution < -0.4 is 19.7 Å². The van der Waals surface area contributed by atoms with Gasteiger partial charge in [-0.05, 0) is 38.5 Å². The molecule has 31 heavy (non-hydrogen) atoms. The Kier molecular flexibility index (Phi) is 6.27. The number of aromatic nitrogens is 2. The fraction of sp³-hybridized carbons (Fsp3) is 0.391. The number of aryl methyl sites for hydroxylation is 1. The number of hydrogen-bond donors (Lipinski definition) is 1. The normalized spacial score (nSPS) is 14.0. The lowest BCUT2D eigenvalue weighted by atomic mass is 10.2. The predicted molar refractivity (Wildman–Crippen MR) is 120 cm³/mol. The van der Waals surface area contributed by atoms with Crippen LogP contribution in [0.2, 0.25) is 0 Å². The first-order chi connectivity index (χ1) is 15.1. The van der Waals surface area contributed by atoms with Crippen LogP contribution in [0.3, 0.4) is 0 Å². The van der Waals surface area contributed by atoms with Gasteiger partial charge in [0.25, 0.3) is 5.91 Å². The number of ether oxygens (including phenoxy) is 3. The number of carbonyl (C=O) groups excluding carboxylic acids is 1. The van der Waals surface area contributed by atoms with Crippen LogP contribution >= 0.6 is 0 Å². The van der Waals surface area contributed by atoms with Crippen LogP contribution in [0.25, 0.3) is 5.65 Å². The maximum absolute atomic E-state index is 13.0. The fourth-order valence-corrected chi connectivity index (χ4v) is 3.62. The van der Waals surface area contributed by atoms with Gasteiger partial charge >= 0.3 is 0 Å². The van der Waals surface area contributed by atoms with Gasteiger partial charge in [0, 0.05) is 37.6 Å². The van der Waals surface area contributed by atoms with Crippen LogP contribution in [-0.4, -0.2) is 54.8 Å². The van der Waals surface area contributed by atoms with E-state index in [9.17, 15) is 4.79 Å². The zero-order valence-electron chi connectivity index (χ0n) is 18.2. The van der Waals surface area contributed by atoms with Gasteiger partial charge in [-0.25, -0.2) is 4.98 Å². The molecule has 0 bridgehead atoms. The van der Waals surface area contributed by atoms with E-state index in [1.807, 2.05) is 55.6 Å². The van der Waals surface area contributed by atoms with Crippen molar-refractivity contribution in [2.75, 3.05) is 49.7 Å². The third-order valence-electron chi connectivity index (χ3n) is 5.11. The van der Waals surface area contributed by atoms with E-state index >= 15 is 0 Å². The summed E-state index contributed by atoms with van der Waals surface area (Å²) in [5.41, 5.74) is 3.65. The second-order valence-corrected chi connectivity index (χ2v) is 7.33. The number of nitrogens with one attached hydrogen (secondary N) is 1. The van der Waals surface area contributed by atoms with Gasteiger partial charge in [0.15, 0.2) is 0 Å². The second kappa shape index (κ2) is 9.26. The number of fused-ring (bicyclic) bond motifs is 1. The van der Waals surface area contributed by atoms with Crippen molar-refractivity contribution in [2.24, 2.45) is 0 Å². The first-order valence-electron chi connectivity index (χ1n) is 10.6. The predicted octanol–water partition coefficient (Wildman–Crippen LogP) is 3.53. The van der Waals surface area contributed by atoms with Gasteiger partial charge in [-0.1, -0.05) is 0 Å². The molecule has 1 N–H and O–H groups in total. The molecule has 1 aliphatic heterocycles. The minimum absolute atomic E-state index is 0.302. The van der Waals surface area contributed by atoms with Crippen molar-refractivity contribution in [1.82, 2.24) is 9.38 Å². The topological polar surface area (TPSA) is 77.3 Å². The average molecular weight is 425 g/mol. The molecule has 3 aromatic rings. The highest BCUT2D eigenvalue weighted by Gasteiger charge is 2.21. The largest absolute Gasteiger partial charge is 0.492 e. The highest BCUT2D eigenvalue weighted by molar-refractivity contribution is 6.04. The molecule has 1 saturated heterocycles. The molecule has 0 radical (unpaired) electrons. The second-order valence-electron chi connectivity index (χ2n) is 7.33. The number of anilines is 2. The first-order valence-corrected chi connectivity index (χ1v) is 10.6. The Hall–Kier alpha value is -3.26. The molecule has 0 saturated carbocycles. The monoisotopic (exact) mass is 424 g/mol. The van der Waals surface area contributed by atoms with Crippen LogP contribution in [-0.2, 0) is 4.74 Å². The molecular weight excluding hydrogens is 396 g/mol. The smallest absolute Gasteiger partial charge is 0.275 e.